The van der Waals surface area contributed by atoms with Crippen molar-refractivity contribution in [3.63, 3.8) is 0 Å². The number of halogens is 3. The van der Waals surface area contributed by atoms with Gasteiger partial charge in [-0.2, -0.15) is 13.2 Å². The van der Waals surface area contributed by atoms with Crippen LogP contribution in [-0.2, 0) is 6.18 Å². The van der Waals surface area contributed by atoms with E-state index in [1.807, 2.05) is 13.8 Å². The first-order chi connectivity index (χ1) is 9.91. The van der Waals surface area contributed by atoms with E-state index in [2.05, 4.69) is 15.3 Å². The molecule has 1 aromatic carbocycles. The number of hydrogen-bond donors (Lipinski definition) is 2. The largest absolute Gasteiger partial charge is 0.416 e. The average molecular weight is 297 g/mol. The molecule has 0 fully saturated rings. The van der Waals surface area contributed by atoms with Gasteiger partial charge in [0.25, 0.3) is 0 Å². The third kappa shape index (κ3) is 3.85. The van der Waals surface area contributed by atoms with E-state index < -0.39 is 11.7 Å². The van der Waals surface area contributed by atoms with Gasteiger partial charge in [0.2, 0.25) is 0 Å². The lowest BCUT2D eigenvalue weighted by Crippen LogP contribution is -2.25. The maximum absolute atomic E-state index is 12.5. The Morgan fingerprint density at radius 1 is 1.24 bits per heavy atom. The molecule has 2 atom stereocenters. The van der Waals surface area contributed by atoms with E-state index in [0.29, 0.717) is 0 Å². The van der Waals surface area contributed by atoms with Crippen LogP contribution in [0.3, 0.4) is 0 Å². The van der Waals surface area contributed by atoms with Crippen LogP contribution in [0.2, 0.25) is 0 Å². The Morgan fingerprint density at radius 3 is 2.38 bits per heavy atom. The van der Waals surface area contributed by atoms with Crippen LogP contribution in [0.1, 0.15) is 49.3 Å². The second-order valence-electron chi connectivity index (χ2n) is 4.94. The highest BCUT2D eigenvalue weighted by molar-refractivity contribution is 5.26. The topological polar surface area (TPSA) is 40.7 Å². The fourth-order valence-electron chi connectivity index (χ4n) is 2.22. The zero-order valence-corrected chi connectivity index (χ0v) is 11.9. The molecule has 2 N–H and O–H groups in total. The Labute approximate surface area is 121 Å². The Morgan fingerprint density at radius 2 is 1.90 bits per heavy atom. The second kappa shape index (κ2) is 6.30. The van der Waals surface area contributed by atoms with Crippen LogP contribution in [-0.4, -0.2) is 9.97 Å². The highest BCUT2D eigenvalue weighted by Crippen LogP contribution is 2.30. The molecule has 0 saturated heterocycles. The summed E-state index contributed by atoms with van der Waals surface area (Å²) in [6.07, 6.45) is -0.0290. The average Bonchev–Trinajstić information content (AvgIpc) is 2.97. The number of rotatable bonds is 5. The zero-order valence-electron chi connectivity index (χ0n) is 11.9. The SMILES string of the molecule is CCC(NC(C)c1ccc(C(F)(F)F)cc1)c1ncc[nH]1. The van der Waals surface area contributed by atoms with Gasteiger partial charge in [-0.25, -0.2) is 4.98 Å². The molecule has 114 valence electrons. The van der Waals surface area contributed by atoms with Crippen LogP contribution in [0.4, 0.5) is 13.2 Å². The van der Waals surface area contributed by atoms with E-state index in [1.54, 1.807) is 12.4 Å². The highest BCUT2D eigenvalue weighted by atomic mass is 19.4. The Kier molecular flexibility index (Phi) is 4.67. The standard InChI is InChI=1S/C15H18F3N3/c1-3-13(14-19-8-9-20-14)21-10(2)11-4-6-12(7-5-11)15(16,17)18/h4-10,13,21H,3H2,1-2H3,(H,19,20). The van der Waals surface area contributed by atoms with E-state index in [1.165, 1.54) is 12.1 Å². The predicted molar refractivity (Wildman–Crippen MR) is 74.6 cm³/mol. The van der Waals surface area contributed by atoms with Gasteiger partial charge in [-0.05, 0) is 31.0 Å². The summed E-state index contributed by atoms with van der Waals surface area (Å²) in [4.78, 5) is 7.27. The molecule has 2 rings (SSSR count). The fourth-order valence-corrected chi connectivity index (χ4v) is 2.22. The summed E-state index contributed by atoms with van der Waals surface area (Å²) in [5, 5.41) is 3.37. The van der Waals surface area contributed by atoms with E-state index in [0.717, 1.165) is 29.9 Å². The molecule has 2 unspecified atom stereocenters. The van der Waals surface area contributed by atoms with Gasteiger partial charge in [0.05, 0.1) is 11.6 Å². The fraction of sp³-hybridized carbons (Fsp3) is 0.400. The van der Waals surface area contributed by atoms with Gasteiger partial charge >= 0.3 is 6.18 Å². The molecule has 0 aliphatic rings. The van der Waals surface area contributed by atoms with Crippen molar-refractivity contribution in [2.75, 3.05) is 0 Å². The molecule has 0 aliphatic carbocycles. The number of hydrogen-bond acceptors (Lipinski definition) is 2. The van der Waals surface area contributed by atoms with E-state index in [9.17, 15) is 13.2 Å². The van der Waals surface area contributed by atoms with Crippen LogP contribution in [0.15, 0.2) is 36.7 Å². The molecular weight excluding hydrogens is 279 g/mol. The summed E-state index contributed by atoms with van der Waals surface area (Å²) in [7, 11) is 0. The number of nitrogens with one attached hydrogen (secondary N) is 2. The molecule has 1 heterocycles. The van der Waals surface area contributed by atoms with Crippen LogP contribution >= 0.6 is 0 Å². The normalized spacial score (nSPS) is 14.9. The molecule has 2 aromatic rings. The molecule has 3 nitrogen and oxygen atoms in total. The van der Waals surface area contributed by atoms with Gasteiger partial charge < -0.3 is 10.3 Å². The van der Waals surface area contributed by atoms with Crippen molar-refractivity contribution in [1.29, 1.82) is 0 Å². The lowest BCUT2D eigenvalue weighted by molar-refractivity contribution is -0.137. The molecule has 0 aliphatic heterocycles. The number of nitrogens with zero attached hydrogens (tertiary/aromatic N) is 1. The maximum atomic E-state index is 12.5. The van der Waals surface area contributed by atoms with Crippen molar-refractivity contribution in [2.24, 2.45) is 0 Å². The number of H-pyrrole nitrogens is 1. The number of aromatic amines is 1. The third-order valence-electron chi connectivity index (χ3n) is 3.45. The minimum atomic E-state index is -4.30. The molecule has 21 heavy (non-hydrogen) atoms. The van der Waals surface area contributed by atoms with Crippen molar-refractivity contribution in [1.82, 2.24) is 15.3 Å². The number of benzene rings is 1. The number of aromatic nitrogens is 2. The molecule has 0 spiro atoms. The van der Waals surface area contributed by atoms with Crippen LogP contribution < -0.4 is 5.32 Å². The molecule has 6 heteroatoms. The quantitative estimate of drug-likeness (QED) is 0.867. The summed E-state index contributed by atoms with van der Waals surface area (Å²) >= 11 is 0. The third-order valence-corrected chi connectivity index (χ3v) is 3.45. The minimum absolute atomic E-state index is 0.0392. The zero-order chi connectivity index (χ0) is 15.5. The lowest BCUT2D eigenvalue weighted by atomic mass is 10.0. The van der Waals surface area contributed by atoms with Crippen LogP contribution in [0.25, 0.3) is 0 Å². The monoisotopic (exact) mass is 297 g/mol. The van der Waals surface area contributed by atoms with Crippen LogP contribution in [0.5, 0.6) is 0 Å². The van der Waals surface area contributed by atoms with Gasteiger partial charge in [-0.1, -0.05) is 19.1 Å². The van der Waals surface area contributed by atoms with Crippen LogP contribution in [0, 0.1) is 0 Å². The lowest BCUT2D eigenvalue weighted by Gasteiger charge is -2.21. The van der Waals surface area contributed by atoms with Crippen molar-refractivity contribution in [3.05, 3.63) is 53.6 Å². The van der Waals surface area contributed by atoms with Crippen molar-refractivity contribution in [2.45, 2.75) is 38.5 Å². The van der Waals surface area contributed by atoms with Crippen molar-refractivity contribution >= 4 is 0 Å². The predicted octanol–water partition coefficient (Wildman–Crippen LogP) is 4.23. The second-order valence-corrected chi connectivity index (χ2v) is 4.94. The first-order valence-electron chi connectivity index (χ1n) is 6.84. The number of alkyl halides is 3. The molecule has 0 saturated carbocycles. The Bertz CT molecular complexity index is 547. The Hall–Kier alpha value is -1.82. The summed E-state index contributed by atoms with van der Waals surface area (Å²) in [5.74, 6) is 0.830. The maximum Gasteiger partial charge on any atom is 0.416 e. The van der Waals surface area contributed by atoms with Gasteiger partial charge in [-0.15, -0.1) is 0 Å². The summed E-state index contributed by atoms with van der Waals surface area (Å²) in [5.41, 5.74) is 0.185. The molecular formula is C15H18F3N3. The van der Waals surface area contributed by atoms with Gasteiger partial charge in [0, 0.05) is 18.4 Å². The summed E-state index contributed by atoms with van der Waals surface area (Å²) in [6.45, 7) is 3.95. The van der Waals surface area contributed by atoms with Crippen molar-refractivity contribution < 1.29 is 13.2 Å². The molecule has 0 bridgehead atoms. The molecule has 0 radical (unpaired) electrons. The molecule has 0 amide bonds. The van der Waals surface area contributed by atoms with Gasteiger partial charge in [-0.3, -0.25) is 0 Å². The first kappa shape index (κ1) is 15.6. The smallest absolute Gasteiger partial charge is 0.347 e. The minimum Gasteiger partial charge on any atom is -0.347 e. The van der Waals surface area contributed by atoms with E-state index >= 15 is 0 Å². The highest BCUT2D eigenvalue weighted by Gasteiger charge is 2.30. The first-order valence-corrected chi connectivity index (χ1v) is 6.84. The van der Waals surface area contributed by atoms with Crippen molar-refractivity contribution in [3.8, 4) is 0 Å². The van der Waals surface area contributed by atoms with Gasteiger partial charge in [0.1, 0.15) is 5.82 Å². The summed E-state index contributed by atoms with van der Waals surface area (Å²) < 4.78 is 37.6. The van der Waals surface area contributed by atoms with E-state index in [4.69, 9.17) is 0 Å². The van der Waals surface area contributed by atoms with E-state index in [-0.39, 0.29) is 12.1 Å². The number of imidazole rings is 1. The molecule has 1 aromatic heterocycles. The Balaban J connectivity index is 2.07. The summed E-state index contributed by atoms with van der Waals surface area (Å²) in [6, 6.07) is 5.22. The van der Waals surface area contributed by atoms with Gasteiger partial charge in [0.15, 0.2) is 0 Å².